The topological polar surface area (TPSA) is 44.0 Å². The van der Waals surface area contributed by atoms with Crippen LogP contribution in [0.3, 0.4) is 0 Å². The summed E-state index contributed by atoms with van der Waals surface area (Å²) in [6.45, 7) is 2.05. The molecule has 0 spiro atoms. The van der Waals surface area contributed by atoms with E-state index < -0.39 is 0 Å². The largest absolute Gasteiger partial charge is 0.396 e. The van der Waals surface area contributed by atoms with Gasteiger partial charge >= 0.3 is 0 Å². The number of aliphatic hydroxyl groups excluding tert-OH is 1. The van der Waals surface area contributed by atoms with Crippen LogP contribution in [0.15, 0.2) is 24.3 Å². The summed E-state index contributed by atoms with van der Waals surface area (Å²) in [6.07, 6.45) is 0. The third-order valence-electron chi connectivity index (χ3n) is 1.86. The van der Waals surface area contributed by atoms with Gasteiger partial charge in [-0.3, -0.25) is 0 Å². The Kier molecular flexibility index (Phi) is 2.84. The molecule has 0 saturated heterocycles. The summed E-state index contributed by atoms with van der Waals surface area (Å²) in [5.74, 6) is 0.110. The number of hydrogen-bond acceptors (Lipinski definition) is 2. The van der Waals surface area contributed by atoms with Crippen molar-refractivity contribution in [1.82, 2.24) is 0 Å². The number of nitriles is 1. The molecular weight excluding hydrogens is 150 g/mol. The first-order chi connectivity index (χ1) is 5.77. The summed E-state index contributed by atoms with van der Waals surface area (Å²) in [5.41, 5.74) is 1.66. The van der Waals surface area contributed by atoms with Crippen LogP contribution in [0.1, 0.15) is 24.0 Å². The average molecular weight is 161 g/mol. The van der Waals surface area contributed by atoms with Gasteiger partial charge in [0.15, 0.2) is 0 Å². The number of aliphatic hydroxyl groups is 1. The fourth-order valence-corrected chi connectivity index (χ4v) is 1.02. The summed E-state index contributed by atoms with van der Waals surface area (Å²) < 4.78 is 0. The van der Waals surface area contributed by atoms with Crippen LogP contribution < -0.4 is 0 Å². The summed E-state index contributed by atoms with van der Waals surface area (Å²) in [7, 11) is 0. The molecule has 0 unspecified atom stereocenters. The predicted molar refractivity (Wildman–Crippen MR) is 46.7 cm³/mol. The highest BCUT2D eigenvalue weighted by Crippen LogP contribution is 2.14. The number of benzene rings is 1. The molecule has 0 aromatic heterocycles. The molecule has 1 rings (SSSR count). The van der Waals surface area contributed by atoms with Crippen LogP contribution in [-0.4, -0.2) is 11.7 Å². The molecule has 12 heavy (non-hydrogen) atoms. The second kappa shape index (κ2) is 3.89. The van der Waals surface area contributed by atoms with Gasteiger partial charge in [0.05, 0.1) is 11.6 Å². The van der Waals surface area contributed by atoms with Crippen molar-refractivity contribution in [3.05, 3.63) is 35.4 Å². The molecule has 0 fully saturated rings. The van der Waals surface area contributed by atoms with E-state index in [1.807, 2.05) is 19.1 Å². The van der Waals surface area contributed by atoms with Gasteiger partial charge in [-0.05, 0) is 17.7 Å². The van der Waals surface area contributed by atoms with E-state index in [1.165, 1.54) is 0 Å². The first kappa shape index (κ1) is 8.76. The molecule has 0 saturated carbocycles. The summed E-state index contributed by atoms with van der Waals surface area (Å²) in [5, 5.41) is 17.5. The van der Waals surface area contributed by atoms with Crippen molar-refractivity contribution in [3.63, 3.8) is 0 Å². The van der Waals surface area contributed by atoms with Crippen molar-refractivity contribution in [2.75, 3.05) is 6.61 Å². The summed E-state index contributed by atoms with van der Waals surface area (Å²) in [6, 6.07) is 9.38. The van der Waals surface area contributed by atoms with E-state index in [0.29, 0.717) is 5.56 Å². The zero-order valence-electron chi connectivity index (χ0n) is 6.99. The molecule has 1 aromatic carbocycles. The third-order valence-corrected chi connectivity index (χ3v) is 1.86. The SMILES string of the molecule is C[C@@H](CO)c1cccc(C#N)c1. The van der Waals surface area contributed by atoms with Gasteiger partial charge in [0.2, 0.25) is 0 Å². The molecule has 62 valence electrons. The van der Waals surface area contributed by atoms with Crippen molar-refractivity contribution in [2.24, 2.45) is 0 Å². The van der Waals surface area contributed by atoms with Crippen molar-refractivity contribution in [3.8, 4) is 6.07 Å². The second-order valence-corrected chi connectivity index (χ2v) is 2.82. The number of nitrogens with zero attached hydrogens (tertiary/aromatic N) is 1. The monoisotopic (exact) mass is 161 g/mol. The van der Waals surface area contributed by atoms with E-state index in [4.69, 9.17) is 10.4 Å². The second-order valence-electron chi connectivity index (χ2n) is 2.82. The van der Waals surface area contributed by atoms with Crippen molar-refractivity contribution < 1.29 is 5.11 Å². The molecular formula is C10H11NO. The molecule has 0 heterocycles. The van der Waals surface area contributed by atoms with Crippen LogP contribution in [0.2, 0.25) is 0 Å². The van der Waals surface area contributed by atoms with Crippen LogP contribution in [0.4, 0.5) is 0 Å². The molecule has 2 heteroatoms. The molecule has 0 amide bonds. The van der Waals surface area contributed by atoms with E-state index >= 15 is 0 Å². The molecule has 1 aromatic rings. The van der Waals surface area contributed by atoms with E-state index in [2.05, 4.69) is 6.07 Å². The maximum absolute atomic E-state index is 8.87. The minimum Gasteiger partial charge on any atom is -0.396 e. The molecule has 2 nitrogen and oxygen atoms in total. The van der Waals surface area contributed by atoms with Gasteiger partial charge in [0, 0.05) is 12.5 Å². The van der Waals surface area contributed by atoms with E-state index in [0.717, 1.165) is 5.56 Å². The lowest BCUT2D eigenvalue weighted by Crippen LogP contribution is -1.98. The first-order valence-corrected chi connectivity index (χ1v) is 3.89. The zero-order valence-corrected chi connectivity index (χ0v) is 6.99. The fraction of sp³-hybridized carbons (Fsp3) is 0.300. The van der Waals surface area contributed by atoms with Crippen LogP contribution in [-0.2, 0) is 0 Å². The smallest absolute Gasteiger partial charge is 0.0991 e. The van der Waals surface area contributed by atoms with Crippen molar-refractivity contribution in [1.29, 1.82) is 5.26 Å². The van der Waals surface area contributed by atoms with Crippen LogP contribution in [0, 0.1) is 11.3 Å². The van der Waals surface area contributed by atoms with Crippen LogP contribution in [0.25, 0.3) is 0 Å². The molecule has 0 aliphatic rings. The molecule has 1 atom stereocenters. The van der Waals surface area contributed by atoms with Crippen molar-refractivity contribution in [2.45, 2.75) is 12.8 Å². The maximum Gasteiger partial charge on any atom is 0.0991 e. The molecule has 0 aliphatic heterocycles. The van der Waals surface area contributed by atoms with Gasteiger partial charge in [-0.15, -0.1) is 0 Å². The summed E-state index contributed by atoms with van der Waals surface area (Å²) >= 11 is 0. The molecule has 0 bridgehead atoms. The van der Waals surface area contributed by atoms with E-state index in [-0.39, 0.29) is 12.5 Å². The Labute approximate surface area is 72.1 Å². The standard InChI is InChI=1S/C10H11NO/c1-8(7-12)10-4-2-3-9(5-10)6-11/h2-5,8,12H,7H2,1H3/t8-/m0/s1. The highest BCUT2D eigenvalue weighted by Gasteiger charge is 2.03. The Bertz CT molecular complexity index is 301. The van der Waals surface area contributed by atoms with Crippen LogP contribution >= 0.6 is 0 Å². The fourth-order valence-electron chi connectivity index (χ4n) is 1.02. The average Bonchev–Trinajstić information content (AvgIpc) is 2.17. The minimum atomic E-state index is 0.110. The summed E-state index contributed by atoms with van der Waals surface area (Å²) in [4.78, 5) is 0. The lowest BCUT2D eigenvalue weighted by atomic mass is 10.0. The minimum absolute atomic E-state index is 0.110. The van der Waals surface area contributed by atoms with Gasteiger partial charge in [-0.25, -0.2) is 0 Å². The van der Waals surface area contributed by atoms with E-state index in [9.17, 15) is 0 Å². The molecule has 0 radical (unpaired) electrons. The quantitative estimate of drug-likeness (QED) is 0.716. The first-order valence-electron chi connectivity index (χ1n) is 3.89. The predicted octanol–water partition coefficient (Wildman–Crippen LogP) is 1.65. The lowest BCUT2D eigenvalue weighted by Gasteiger charge is -2.07. The maximum atomic E-state index is 8.87. The highest BCUT2D eigenvalue weighted by atomic mass is 16.3. The third kappa shape index (κ3) is 1.84. The Morgan fingerprint density at radius 1 is 1.58 bits per heavy atom. The van der Waals surface area contributed by atoms with Crippen LogP contribution in [0.5, 0.6) is 0 Å². The Hall–Kier alpha value is -1.33. The Balaban J connectivity index is 2.95. The normalized spacial score (nSPS) is 12.1. The number of hydrogen-bond donors (Lipinski definition) is 1. The van der Waals surface area contributed by atoms with Gasteiger partial charge in [0.25, 0.3) is 0 Å². The van der Waals surface area contributed by atoms with Gasteiger partial charge in [-0.2, -0.15) is 5.26 Å². The van der Waals surface area contributed by atoms with Gasteiger partial charge in [0.1, 0.15) is 0 Å². The van der Waals surface area contributed by atoms with E-state index in [1.54, 1.807) is 12.1 Å². The Morgan fingerprint density at radius 2 is 2.33 bits per heavy atom. The molecule has 0 aliphatic carbocycles. The van der Waals surface area contributed by atoms with Crippen molar-refractivity contribution >= 4 is 0 Å². The zero-order chi connectivity index (χ0) is 8.97. The highest BCUT2D eigenvalue weighted by molar-refractivity contribution is 5.34. The number of rotatable bonds is 2. The lowest BCUT2D eigenvalue weighted by molar-refractivity contribution is 0.273. The Morgan fingerprint density at radius 3 is 2.92 bits per heavy atom. The van der Waals surface area contributed by atoms with Gasteiger partial charge in [-0.1, -0.05) is 19.1 Å². The van der Waals surface area contributed by atoms with Gasteiger partial charge < -0.3 is 5.11 Å². The molecule has 1 N–H and O–H groups in total.